The maximum atomic E-state index is 5.44. The minimum Gasteiger partial charge on any atom is -0.291 e. The Hall–Kier alpha value is -5.19. The maximum Gasteiger partial charge on any atom is 0.146 e. The van der Waals surface area contributed by atoms with E-state index < -0.39 is 0 Å². The molecule has 1 aliphatic heterocycles. The third kappa shape index (κ3) is 3.40. The van der Waals surface area contributed by atoms with Crippen LogP contribution in [0.5, 0.6) is 0 Å². The van der Waals surface area contributed by atoms with Crippen molar-refractivity contribution >= 4 is 76.7 Å². The van der Waals surface area contributed by atoms with Gasteiger partial charge in [0.15, 0.2) is 0 Å². The van der Waals surface area contributed by atoms with Crippen molar-refractivity contribution in [3.63, 3.8) is 0 Å². The molecule has 8 aromatic rings. The van der Waals surface area contributed by atoms with Crippen LogP contribution < -0.4 is 0 Å². The van der Waals surface area contributed by atoms with E-state index in [1.54, 1.807) is 0 Å². The summed E-state index contributed by atoms with van der Waals surface area (Å²) in [6.07, 6.45) is 8.68. The summed E-state index contributed by atoms with van der Waals surface area (Å²) in [5, 5.41) is 10.1. The number of hydrogen-bond donors (Lipinski definition) is 0. The molecule has 0 spiro atoms. The standard InChI is InChI=1S/C40H25N3S/c1-3-12-31-27(9-1)28-10-2-4-13-32(28)38-37(31)42-39-33-23-26(21-22-29(33)30-11-5-7-15-35(30)43(38)39)24-17-19-25(20-18-24)40-41-34-14-6-8-16-36(34)44-40/h1-23,34,36H. The Labute approximate surface area is 257 Å². The van der Waals surface area contributed by atoms with Gasteiger partial charge in [-0.15, -0.1) is 0 Å². The third-order valence-corrected chi connectivity index (χ3v) is 10.5. The molecule has 3 heterocycles. The van der Waals surface area contributed by atoms with Gasteiger partial charge in [0.2, 0.25) is 0 Å². The zero-order valence-electron chi connectivity index (χ0n) is 23.7. The largest absolute Gasteiger partial charge is 0.291 e. The highest BCUT2D eigenvalue weighted by molar-refractivity contribution is 8.15. The van der Waals surface area contributed by atoms with Crippen LogP contribution >= 0.6 is 11.8 Å². The fraction of sp³-hybridized carbons (Fsp3) is 0.0500. The van der Waals surface area contributed by atoms with Crippen molar-refractivity contribution in [2.75, 3.05) is 0 Å². The van der Waals surface area contributed by atoms with Gasteiger partial charge in [0.1, 0.15) is 5.65 Å². The number of rotatable bonds is 2. The van der Waals surface area contributed by atoms with Gasteiger partial charge in [-0.3, -0.25) is 9.39 Å². The number of pyridine rings is 1. The number of imidazole rings is 1. The van der Waals surface area contributed by atoms with Crippen LogP contribution in [0.2, 0.25) is 0 Å². The molecule has 206 valence electrons. The number of hydrogen-bond acceptors (Lipinski definition) is 3. The second-order valence-corrected chi connectivity index (χ2v) is 12.9. The zero-order chi connectivity index (χ0) is 28.8. The number of nitrogens with zero attached hydrogens (tertiary/aromatic N) is 3. The SMILES string of the molecule is C1=CC2N=C(c3ccc(-c4ccc5c6ccccc6n6c(nc7c8ccccc8c8ccccc8c76)c5c4)cc3)SC2C=C1. The minimum absolute atomic E-state index is 0.247. The smallest absolute Gasteiger partial charge is 0.146 e. The molecule has 0 saturated carbocycles. The quantitative estimate of drug-likeness (QED) is 0.191. The van der Waals surface area contributed by atoms with Crippen molar-refractivity contribution in [3.05, 3.63) is 145 Å². The molecule has 44 heavy (non-hydrogen) atoms. The van der Waals surface area contributed by atoms with Gasteiger partial charge in [-0.1, -0.05) is 139 Å². The Kier molecular flexibility index (Phi) is 5.05. The average molecular weight is 580 g/mol. The Morgan fingerprint density at radius 1 is 0.545 bits per heavy atom. The lowest BCUT2D eigenvalue weighted by Crippen LogP contribution is -2.13. The highest BCUT2D eigenvalue weighted by Crippen LogP contribution is 2.40. The first-order valence-corrected chi connectivity index (χ1v) is 16.0. The number of fused-ring (bicyclic) bond motifs is 14. The van der Waals surface area contributed by atoms with E-state index in [-0.39, 0.29) is 6.04 Å². The van der Waals surface area contributed by atoms with Gasteiger partial charge < -0.3 is 0 Å². The summed E-state index contributed by atoms with van der Waals surface area (Å²) in [4.78, 5) is 10.4. The molecule has 2 atom stereocenters. The van der Waals surface area contributed by atoms with Crippen LogP contribution in [0, 0.1) is 0 Å². The summed E-state index contributed by atoms with van der Waals surface area (Å²) in [6, 6.07) is 42.1. The first-order chi connectivity index (χ1) is 21.8. The normalized spacial score (nSPS) is 17.9. The van der Waals surface area contributed by atoms with E-state index >= 15 is 0 Å². The lowest BCUT2D eigenvalue weighted by Gasteiger charge is -2.12. The second-order valence-electron chi connectivity index (χ2n) is 11.7. The molecule has 10 rings (SSSR count). The van der Waals surface area contributed by atoms with Crippen LogP contribution in [-0.4, -0.2) is 25.7 Å². The second kappa shape index (κ2) is 9.15. The third-order valence-electron chi connectivity index (χ3n) is 9.26. The van der Waals surface area contributed by atoms with Crippen molar-refractivity contribution in [1.29, 1.82) is 0 Å². The number of benzene rings is 6. The molecule has 0 bridgehead atoms. The molecule has 0 fully saturated rings. The number of thioether (sulfide) groups is 1. The van der Waals surface area contributed by atoms with E-state index in [1.165, 1.54) is 60.0 Å². The Morgan fingerprint density at radius 3 is 2.00 bits per heavy atom. The van der Waals surface area contributed by atoms with Gasteiger partial charge in [-0.2, -0.15) is 0 Å². The first-order valence-electron chi connectivity index (χ1n) is 15.1. The lowest BCUT2D eigenvalue weighted by molar-refractivity contribution is 0.862. The molecule has 2 aromatic heterocycles. The molecule has 0 N–H and O–H groups in total. The van der Waals surface area contributed by atoms with Crippen molar-refractivity contribution in [2.24, 2.45) is 4.99 Å². The molecule has 0 saturated heterocycles. The molecule has 6 aromatic carbocycles. The predicted octanol–water partition coefficient (Wildman–Crippen LogP) is 10.1. The monoisotopic (exact) mass is 579 g/mol. The Bertz CT molecular complexity index is 2590. The zero-order valence-corrected chi connectivity index (χ0v) is 24.5. The summed E-state index contributed by atoms with van der Waals surface area (Å²) < 4.78 is 2.40. The van der Waals surface area contributed by atoms with Crippen molar-refractivity contribution < 1.29 is 0 Å². The van der Waals surface area contributed by atoms with Gasteiger partial charge >= 0.3 is 0 Å². The summed E-state index contributed by atoms with van der Waals surface area (Å²) in [7, 11) is 0. The number of aliphatic imine (C=N–C) groups is 1. The molecule has 2 unspecified atom stereocenters. The van der Waals surface area contributed by atoms with Crippen LogP contribution in [0.4, 0.5) is 0 Å². The Morgan fingerprint density at radius 2 is 1.18 bits per heavy atom. The highest BCUT2D eigenvalue weighted by atomic mass is 32.2. The number of aromatic nitrogens is 2. The van der Waals surface area contributed by atoms with Crippen molar-refractivity contribution in [2.45, 2.75) is 11.3 Å². The van der Waals surface area contributed by atoms with Gasteiger partial charge in [-0.05, 0) is 39.4 Å². The Balaban J connectivity index is 1.22. The predicted molar refractivity (Wildman–Crippen MR) is 188 cm³/mol. The topological polar surface area (TPSA) is 29.7 Å². The van der Waals surface area contributed by atoms with Crippen LogP contribution in [0.25, 0.3) is 71.0 Å². The molecule has 0 radical (unpaired) electrons. The van der Waals surface area contributed by atoms with Crippen LogP contribution in [0.15, 0.2) is 145 Å². The van der Waals surface area contributed by atoms with Gasteiger partial charge in [0.25, 0.3) is 0 Å². The number of allylic oxidation sites excluding steroid dienone is 2. The molecular formula is C40H25N3S. The fourth-order valence-electron chi connectivity index (χ4n) is 7.20. The lowest BCUT2D eigenvalue weighted by atomic mass is 9.98. The maximum absolute atomic E-state index is 5.44. The minimum atomic E-state index is 0.247. The fourth-order valence-corrected chi connectivity index (χ4v) is 8.38. The first kappa shape index (κ1) is 24.3. The molecule has 0 amide bonds. The van der Waals surface area contributed by atoms with Crippen LogP contribution in [0.3, 0.4) is 0 Å². The molecule has 1 aliphatic carbocycles. The van der Waals surface area contributed by atoms with Gasteiger partial charge in [-0.25, -0.2) is 4.98 Å². The summed E-state index contributed by atoms with van der Waals surface area (Å²) in [5.74, 6) is 0. The summed E-state index contributed by atoms with van der Waals surface area (Å²) in [5.41, 5.74) is 7.94. The summed E-state index contributed by atoms with van der Waals surface area (Å²) in [6.45, 7) is 0. The van der Waals surface area contributed by atoms with Crippen LogP contribution in [-0.2, 0) is 0 Å². The van der Waals surface area contributed by atoms with E-state index in [9.17, 15) is 0 Å². The molecule has 4 heteroatoms. The van der Waals surface area contributed by atoms with Crippen molar-refractivity contribution in [3.8, 4) is 11.1 Å². The van der Waals surface area contributed by atoms with Gasteiger partial charge in [0, 0.05) is 27.1 Å². The van der Waals surface area contributed by atoms with Crippen molar-refractivity contribution in [1.82, 2.24) is 9.38 Å². The average Bonchev–Trinajstić information content (AvgIpc) is 3.72. The molecule has 3 nitrogen and oxygen atoms in total. The number of para-hydroxylation sites is 1. The summed E-state index contributed by atoms with van der Waals surface area (Å²) >= 11 is 1.86. The molecule has 2 aliphatic rings. The van der Waals surface area contributed by atoms with E-state index in [2.05, 4.69) is 144 Å². The van der Waals surface area contributed by atoms with E-state index in [4.69, 9.17) is 9.98 Å². The van der Waals surface area contributed by atoms with Crippen LogP contribution in [0.1, 0.15) is 5.56 Å². The van der Waals surface area contributed by atoms with E-state index in [0.29, 0.717) is 5.25 Å². The van der Waals surface area contributed by atoms with E-state index in [0.717, 1.165) is 21.6 Å². The molecular weight excluding hydrogens is 555 g/mol. The van der Waals surface area contributed by atoms with E-state index in [1.807, 2.05) is 11.8 Å². The highest BCUT2D eigenvalue weighted by Gasteiger charge is 2.28. The van der Waals surface area contributed by atoms with Gasteiger partial charge in [0.05, 0.1) is 32.9 Å².